The normalized spacial score (nSPS) is 21.5. The van der Waals surface area contributed by atoms with E-state index in [0.29, 0.717) is 18.0 Å². The number of hydrogen-bond acceptors (Lipinski definition) is 6. The van der Waals surface area contributed by atoms with E-state index in [-0.39, 0.29) is 42.8 Å². The average Bonchev–Trinajstić information content (AvgIpc) is 3.61. The van der Waals surface area contributed by atoms with Gasteiger partial charge in [0.05, 0.1) is 36.3 Å². The van der Waals surface area contributed by atoms with Crippen molar-refractivity contribution in [1.82, 2.24) is 9.80 Å². The molecule has 0 bridgehead atoms. The van der Waals surface area contributed by atoms with Crippen LogP contribution in [-0.2, 0) is 36.4 Å². The monoisotopic (exact) mass is 647 g/mol. The molecule has 0 saturated carbocycles. The highest BCUT2D eigenvalue weighted by Crippen LogP contribution is 2.59. The van der Waals surface area contributed by atoms with Gasteiger partial charge in [-0.1, -0.05) is 90.7 Å². The molecule has 4 aromatic rings. The molecule has 9 nitrogen and oxygen atoms in total. The molecule has 4 aromatic carbocycles. The molecule has 0 spiro atoms. The van der Waals surface area contributed by atoms with Gasteiger partial charge in [0.1, 0.15) is 31.1 Å². The first-order valence-electron chi connectivity index (χ1n) is 15.4. The van der Waals surface area contributed by atoms with Gasteiger partial charge in [-0.2, -0.15) is 0 Å². The highest BCUT2D eigenvalue weighted by molar-refractivity contribution is 7.92. The Kier molecular flexibility index (Phi) is 7.96. The maximum atomic E-state index is 14.5. The van der Waals surface area contributed by atoms with Crippen molar-refractivity contribution in [2.75, 3.05) is 31.1 Å². The molecule has 3 aliphatic rings. The van der Waals surface area contributed by atoms with Crippen LogP contribution in [0.1, 0.15) is 23.1 Å². The third-order valence-corrected chi connectivity index (χ3v) is 11.0. The molecule has 7 rings (SSSR count). The predicted octanol–water partition coefficient (Wildman–Crippen LogP) is 4.18. The largest absolute Gasteiger partial charge is 0.497 e. The van der Waals surface area contributed by atoms with Crippen molar-refractivity contribution < 1.29 is 27.5 Å². The summed E-state index contributed by atoms with van der Waals surface area (Å²) >= 11 is 0. The Bertz CT molecular complexity index is 1980. The van der Waals surface area contributed by atoms with Crippen molar-refractivity contribution in [3.05, 3.63) is 126 Å². The number of anilines is 1. The number of sulfonamides is 1. The number of fused-ring (bicyclic) bond motifs is 5. The van der Waals surface area contributed by atoms with E-state index in [1.54, 1.807) is 49.6 Å². The first-order chi connectivity index (χ1) is 22.9. The molecule has 238 valence electrons. The lowest BCUT2D eigenvalue weighted by Crippen LogP contribution is -2.63. The average molecular weight is 648 g/mol. The number of para-hydroxylation sites is 1. The molecule has 2 fully saturated rings. The molecule has 47 heavy (non-hydrogen) atoms. The fourth-order valence-corrected chi connectivity index (χ4v) is 8.80. The number of hydrogen-bond donors (Lipinski definition) is 0. The summed E-state index contributed by atoms with van der Waals surface area (Å²) in [5.74, 6) is 5.98. The van der Waals surface area contributed by atoms with Gasteiger partial charge in [0.25, 0.3) is 10.0 Å². The van der Waals surface area contributed by atoms with Gasteiger partial charge >= 0.3 is 0 Å². The topological polar surface area (TPSA) is 96.5 Å². The summed E-state index contributed by atoms with van der Waals surface area (Å²) in [7, 11) is -2.58. The van der Waals surface area contributed by atoms with Gasteiger partial charge in [0.2, 0.25) is 11.8 Å². The van der Waals surface area contributed by atoms with E-state index in [1.165, 1.54) is 14.1 Å². The summed E-state index contributed by atoms with van der Waals surface area (Å²) in [5, 5.41) is 0. The molecule has 3 aliphatic heterocycles. The lowest BCUT2D eigenvalue weighted by molar-refractivity contribution is -0.154. The van der Waals surface area contributed by atoms with Gasteiger partial charge in [-0.05, 0) is 53.4 Å². The molecule has 10 heteroatoms. The third-order valence-electron chi connectivity index (χ3n) is 9.20. The lowest BCUT2D eigenvalue weighted by atomic mass is 9.72. The maximum Gasteiger partial charge on any atom is 0.266 e. The molecular weight excluding hydrogens is 614 g/mol. The number of methoxy groups -OCH3 is 1. The summed E-state index contributed by atoms with van der Waals surface area (Å²) in [6.45, 7) is 0.463. The van der Waals surface area contributed by atoms with Crippen LogP contribution in [0.4, 0.5) is 5.69 Å². The highest BCUT2D eigenvalue weighted by Gasteiger charge is 2.67. The third kappa shape index (κ3) is 5.12. The Labute approximate surface area is 274 Å². The lowest BCUT2D eigenvalue weighted by Gasteiger charge is -2.42. The van der Waals surface area contributed by atoms with E-state index < -0.39 is 27.6 Å². The van der Waals surface area contributed by atoms with Crippen molar-refractivity contribution in [3.63, 3.8) is 0 Å². The zero-order chi connectivity index (χ0) is 32.6. The van der Waals surface area contributed by atoms with Gasteiger partial charge in [-0.25, -0.2) is 12.7 Å². The maximum absolute atomic E-state index is 14.5. The van der Waals surface area contributed by atoms with Crippen LogP contribution in [0.3, 0.4) is 0 Å². The second kappa shape index (κ2) is 12.2. The van der Waals surface area contributed by atoms with Crippen molar-refractivity contribution in [1.29, 1.82) is 0 Å². The van der Waals surface area contributed by atoms with Gasteiger partial charge < -0.3 is 19.3 Å². The van der Waals surface area contributed by atoms with Gasteiger partial charge in [-0.3, -0.25) is 9.59 Å². The summed E-state index contributed by atoms with van der Waals surface area (Å²) in [5.41, 5.74) is 2.03. The predicted molar refractivity (Wildman–Crippen MR) is 176 cm³/mol. The molecule has 0 N–H and O–H groups in total. The molecular formula is C37H33N3O6S. The zero-order valence-corrected chi connectivity index (χ0v) is 26.6. The first kappa shape index (κ1) is 30.5. The van der Waals surface area contributed by atoms with E-state index in [0.717, 1.165) is 16.7 Å². The Morgan fingerprint density at radius 2 is 1.53 bits per heavy atom. The van der Waals surface area contributed by atoms with Crippen molar-refractivity contribution in [2.45, 2.75) is 35.5 Å². The Hall–Kier alpha value is -5.11. The quantitative estimate of drug-likeness (QED) is 0.210. The minimum absolute atomic E-state index is 0.0619. The van der Waals surface area contributed by atoms with Crippen LogP contribution in [0.15, 0.2) is 114 Å². The molecule has 3 atom stereocenters. The summed E-state index contributed by atoms with van der Waals surface area (Å²) in [4.78, 5) is 31.3. The minimum atomic E-state index is -4.16. The Balaban J connectivity index is 1.24. The van der Waals surface area contributed by atoms with Crippen molar-refractivity contribution >= 4 is 27.5 Å². The number of rotatable bonds is 8. The molecule has 0 unspecified atom stereocenters. The number of carbonyl (C=O) groups excluding carboxylic acids is 2. The molecule has 0 aromatic heterocycles. The van der Waals surface area contributed by atoms with Crippen LogP contribution < -0.4 is 9.04 Å². The van der Waals surface area contributed by atoms with Crippen molar-refractivity contribution in [2.24, 2.45) is 0 Å². The summed E-state index contributed by atoms with van der Waals surface area (Å²) < 4.78 is 41.4. The van der Waals surface area contributed by atoms with E-state index in [4.69, 9.17) is 9.47 Å². The molecule has 2 amide bonds. The Morgan fingerprint density at radius 1 is 0.851 bits per heavy atom. The molecule has 2 saturated heterocycles. The molecule has 0 aliphatic carbocycles. The SMILES string of the molecule is COc1ccc([C@]23C[C@H]4C(=O)N(CC#CCOCc5ccccc5)CC(=O)N4[C@H]2N(S(=O)(=O)c2ccccc2)c2ccccc23)cc1. The first-order valence-corrected chi connectivity index (χ1v) is 16.8. The van der Waals surface area contributed by atoms with Crippen LogP contribution in [0.5, 0.6) is 5.75 Å². The zero-order valence-electron chi connectivity index (χ0n) is 25.8. The Morgan fingerprint density at radius 3 is 2.26 bits per heavy atom. The summed E-state index contributed by atoms with van der Waals surface area (Å²) in [6.07, 6.45) is -0.796. The highest BCUT2D eigenvalue weighted by atomic mass is 32.2. The molecule has 3 heterocycles. The van der Waals surface area contributed by atoms with Gasteiger partial charge in [0, 0.05) is 0 Å². The van der Waals surface area contributed by atoms with E-state index in [9.17, 15) is 18.0 Å². The number of carbonyl (C=O) groups is 2. The smallest absolute Gasteiger partial charge is 0.266 e. The van der Waals surface area contributed by atoms with Gasteiger partial charge in [-0.15, -0.1) is 0 Å². The van der Waals surface area contributed by atoms with Crippen LogP contribution in [0.25, 0.3) is 0 Å². The van der Waals surface area contributed by atoms with Crippen LogP contribution in [0.2, 0.25) is 0 Å². The van der Waals surface area contributed by atoms with Crippen LogP contribution in [0, 0.1) is 11.8 Å². The number of ether oxygens (including phenoxy) is 2. The number of nitrogens with zero attached hydrogens (tertiary/aromatic N) is 3. The van der Waals surface area contributed by atoms with Crippen LogP contribution >= 0.6 is 0 Å². The second-order valence-corrected chi connectivity index (χ2v) is 13.6. The fraction of sp³-hybridized carbons (Fsp3) is 0.243. The van der Waals surface area contributed by atoms with E-state index in [2.05, 4.69) is 11.8 Å². The number of benzene rings is 4. The standard InChI is InChI=1S/C37H33N3O6S/c1-45-29-20-18-28(19-21-29)37-24-33-35(42)38(22-10-11-23-46-26-27-12-4-2-5-13-27)25-34(41)39(33)36(37)40(32-17-9-8-16-31(32)37)47(43,44)30-14-6-3-7-15-30/h2-9,12-21,33,36H,22-26H2,1H3/t33-,36-,37-/m0/s1. The second-order valence-electron chi connectivity index (χ2n) is 11.8. The van der Waals surface area contributed by atoms with Crippen molar-refractivity contribution in [3.8, 4) is 17.6 Å². The van der Waals surface area contributed by atoms with E-state index in [1.807, 2.05) is 66.7 Å². The minimum Gasteiger partial charge on any atom is -0.497 e. The van der Waals surface area contributed by atoms with Crippen LogP contribution in [-0.4, -0.2) is 69.0 Å². The van der Waals surface area contributed by atoms with E-state index >= 15 is 0 Å². The number of piperazine rings is 1. The fourth-order valence-electron chi connectivity index (χ4n) is 7.11. The number of amides is 2. The van der Waals surface area contributed by atoms with Gasteiger partial charge in [0.15, 0.2) is 0 Å². The molecule has 0 radical (unpaired) electrons. The summed E-state index contributed by atoms with van der Waals surface area (Å²) in [6, 6.07) is 31.8.